The Kier molecular flexibility index (Phi) is 2.51. The third kappa shape index (κ3) is 1.30. The fourth-order valence-electron chi connectivity index (χ4n) is 8.47. The highest BCUT2D eigenvalue weighted by Crippen LogP contribution is 2.81. The van der Waals surface area contributed by atoms with Gasteiger partial charge in [-0.2, -0.15) is 0 Å². The van der Waals surface area contributed by atoms with Crippen molar-refractivity contribution in [3.63, 3.8) is 0 Å². The highest BCUT2D eigenvalue weighted by Gasteiger charge is 2.81. The summed E-state index contributed by atoms with van der Waals surface area (Å²) in [5.41, 5.74) is -0.965. The van der Waals surface area contributed by atoms with E-state index in [2.05, 4.69) is 20.8 Å². The molecule has 4 nitrogen and oxygen atoms in total. The number of aliphatic carboxylic acids is 1. The van der Waals surface area contributed by atoms with Gasteiger partial charge in [0.25, 0.3) is 0 Å². The summed E-state index contributed by atoms with van der Waals surface area (Å²) in [6, 6.07) is 0. The normalized spacial score (nSPS) is 63.5. The van der Waals surface area contributed by atoms with Crippen LogP contribution >= 0.6 is 0 Å². The number of carboxylic acids is 1. The molecular formula is C20H28O4. The van der Waals surface area contributed by atoms with Gasteiger partial charge in [-0.1, -0.05) is 20.8 Å². The minimum Gasteiger partial charge on any atom is -0.481 e. The number of rotatable bonds is 1. The molecule has 0 aromatic carbocycles. The molecule has 0 bridgehead atoms. The second-order valence-electron chi connectivity index (χ2n) is 10.2. The van der Waals surface area contributed by atoms with Crippen molar-refractivity contribution in [2.75, 3.05) is 0 Å². The average molecular weight is 332 g/mol. The summed E-state index contributed by atoms with van der Waals surface area (Å²) < 4.78 is 5.80. The topological polar surface area (TPSA) is 66.9 Å². The van der Waals surface area contributed by atoms with E-state index in [4.69, 9.17) is 4.74 Å². The van der Waals surface area contributed by atoms with Gasteiger partial charge in [-0.25, -0.2) is 0 Å². The van der Waals surface area contributed by atoms with Crippen LogP contribution in [0.25, 0.3) is 0 Å². The SMILES string of the molecule is C[C@H]1[C@@H]2O[C@@H]2C(=O)[C@]2(C)CC[C@H]3[C@H]4[C@](C)(CC[C@]4(C)C(=O)O)C[C@]132. The standard InChI is InChI=1S/C20H28O4/c1-10-12-13(24-12)15(21)19(4)6-5-11-14-17(2,9-20(10,11)19)7-8-18(14,3)16(22)23/h10-14H,5-9H2,1-4H3,(H,22,23)/t10-,11-,12-,13-,14-,17+,18-,19-,20-/m0/s1. The van der Waals surface area contributed by atoms with Crippen molar-refractivity contribution in [3.8, 4) is 0 Å². The van der Waals surface area contributed by atoms with E-state index >= 15 is 0 Å². The monoisotopic (exact) mass is 332 g/mol. The zero-order chi connectivity index (χ0) is 17.3. The van der Waals surface area contributed by atoms with E-state index in [0.29, 0.717) is 17.6 Å². The first kappa shape index (κ1) is 15.4. The highest BCUT2D eigenvalue weighted by molar-refractivity contribution is 5.94. The largest absolute Gasteiger partial charge is 0.481 e. The van der Waals surface area contributed by atoms with Crippen LogP contribution in [0.3, 0.4) is 0 Å². The molecule has 4 heteroatoms. The molecule has 4 aliphatic carbocycles. The summed E-state index contributed by atoms with van der Waals surface area (Å²) in [5, 5.41) is 10.00. The molecule has 0 radical (unpaired) electrons. The van der Waals surface area contributed by atoms with Crippen LogP contribution in [-0.4, -0.2) is 29.1 Å². The summed E-state index contributed by atoms with van der Waals surface area (Å²) in [4.78, 5) is 25.3. The molecular weight excluding hydrogens is 304 g/mol. The van der Waals surface area contributed by atoms with Crippen LogP contribution in [0, 0.1) is 39.4 Å². The van der Waals surface area contributed by atoms with Crippen LogP contribution in [-0.2, 0) is 14.3 Å². The average Bonchev–Trinajstić information content (AvgIpc) is 3.12. The van der Waals surface area contributed by atoms with E-state index in [1.165, 1.54) is 0 Å². The van der Waals surface area contributed by atoms with Gasteiger partial charge in [0.15, 0.2) is 5.78 Å². The maximum atomic E-state index is 13.1. The first-order valence-electron chi connectivity index (χ1n) is 9.55. The molecule has 132 valence electrons. The molecule has 4 saturated carbocycles. The third-order valence-electron chi connectivity index (χ3n) is 9.52. The Morgan fingerprint density at radius 2 is 1.92 bits per heavy atom. The van der Waals surface area contributed by atoms with Crippen LogP contribution in [0.5, 0.6) is 0 Å². The molecule has 0 unspecified atom stereocenters. The summed E-state index contributed by atoms with van der Waals surface area (Å²) in [6.07, 6.45) is 4.60. The zero-order valence-corrected chi connectivity index (χ0v) is 15.1. The second-order valence-corrected chi connectivity index (χ2v) is 10.2. The predicted octanol–water partition coefficient (Wildman–Crippen LogP) is 3.29. The van der Waals surface area contributed by atoms with Gasteiger partial charge in [0.1, 0.15) is 6.10 Å². The van der Waals surface area contributed by atoms with Gasteiger partial charge in [-0.3, -0.25) is 9.59 Å². The van der Waals surface area contributed by atoms with Crippen molar-refractivity contribution in [2.45, 2.75) is 72.0 Å². The lowest BCUT2D eigenvalue weighted by Crippen LogP contribution is -2.55. The molecule has 1 heterocycles. The molecule has 0 amide bonds. The summed E-state index contributed by atoms with van der Waals surface area (Å²) in [6.45, 7) is 8.71. The summed E-state index contributed by atoms with van der Waals surface area (Å²) in [5.74, 6) is 0.569. The Hall–Kier alpha value is -0.900. The molecule has 24 heavy (non-hydrogen) atoms. The number of Topliss-reactive ketones (excluding diaryl/α,β-unsaturated/α-hetero) is 1. The number of hydrogen-bond donors (Lipinski definition) is 1. The second kappa shape index (κ2) is 3.92. The Bertz CT molecular complexity index is 673. The number of carbonyl (C=O) groups excluding carboxylic acids is 1. The first-order valence-corrected chi connectivity index (χ1v) is 9.55. The van der Waals surface area contributed by atoms with Gasteiger partial charge in [-0.05, 0) is 67.6 Å². The number of ether oxygens (including phenoxy) is 1. The van der Waals surface area contributed by atoms with Crippen molar-refractivity contribution in [2.24, 2.45) is 39.4 Å². The van der Waals surface area contributed by atoms with Crippen molar-refractivity contribution >= 4 is 11.8 Å². The molecule has 1 saturated heterocycles. The fourth-order valence-corrected chi connectivity index (χ4v) is 8.47. The van der Waals surface area contributed by atoms with E-state index in [9.17, 15) is 14.7 Å². The molecule has 1 aliphatic heterocycles. The van der Waals surface area contributed by atoms with Crippen molar-refractivity contribution in [1.29, 1.82) is 0 Å². The third-order valence-corrected chi connectivity index (χ3v) is 9.52. The van der Waals surface area contributed by atoms with Gasteiger partial charge in [0.05, 0.1) is 11.5 Å². The Morgan fingerprint density at radius 3 is 2.58 bits per heavy atom. The predicted molar refractivity (Wildman–Crippen MR) is 87.3 cm³/mol. The van der Waals surface area contributed by atoms with E-state index in [1.807, 2.05) is 6.92 Å². The number of fused-ring (bicyclic) bond motifs is 3. The van der Waals surface area contributed by atoms with E-state index in [0.717, 1.165) is 32.1 Å². The van der Waals surface area contributed by atoms with Crippen molar-refractivity contribution in [1.82, 2.24) is 0 Å². The van der Waals surface area contributed by atoms with Gasteiger partial charge in [0.2, 0.25) is 0 Å². The fraction of sp³-hybridized carbons (Fsp3) is 0.900. The maximum absolute atomic E-state index is 13.1. The number of ketones is 1. The molecule has 1 N–H and O–H groups in total. The van der Waals surface area contributed by atoms with E-state index < -0.39 is 11.4 Å². The molecule has 5 fully saturated rings. The van der Waals surface area contributed by atoms with Crippen LogP contribution in [0.4, 0.5) is 0 Å². The summed E-state index contributed by atoms with van der Waals surface area (Å²) >= 11 is 0. The van der Waals surface area contributed by atoms with E-state index in [-0.39, 0.29) is 34.4 Å². The molecule has 0 aromatic rings. The maximum Gasteiger partial charge on any atom is 0.309 e. The van der Waals surface area contributed by atoms with Gasteiger partial charge < -0.3 is 9.84 Å². The minimum absolute atomic E-state index is 0.0513. The number of carbonyl (C=O) groups is 2. The molecule has 5 rings (SSSR count). The quantitative estimate of drug-likeness (QED) is 0.748. The highest BCUT2D eigenvalue weighted by atomic mass is 16.6. The summed E-state index contributed by atoms with van der Waals surface area (Å²) in [7, 11) is 0. The molecule has 9 atom stereocenters. The Labute approximate surface area is 143 Å². The lowest BCUT2D eigenvalue weighted by molar-refractivity contribution is -0.153. The zero-order valence-electron chi connectivity index (χ0n) is 15.1. The van der Waals surface area contributed by atoms with Crippen LogP contribution in [0.1, 0.15) is 59.8 Å². The molecule has 1 spiro atoms. The van der Waals surface area contributed by atoms with Gasteiger partial charge >= 0.3 is 5.97 Å². The van der Waals surface area contributed by atoms with Crippen molar-refractivity contribution < 1.29 is 19.4 Å². The van der Waals surface area contributed by atoms with Gasteiger partial charge in [0, 0.05) is 5.41 Å². The number of hydrogen-bond acceptors (Lipinski definition) is 3. The molecule has 0 aromatic heterocycles. The Morgan fingerprint density at radius 1 is 1.21 bits per heavy atom. The number of carboxylic acid groups (broad SMARTS) is 1. The minimum atomic E-state index is -0.641. The van der Waals surface area contributed by atoms with Crippen LogP contribution in [0.15, 0.2) is 0 Å². The lowest BCUT2D eigenvalue weighted by Gasteiger charge is -2.51. The van der Waals surface area contributed by atoms with Crippen LogP contribution < -0.4 is 0 Å². The molecule has 5 aliphatic rings. The van der Waals surface area contributed by atoms with Crippen molar-refractivity contribution in [3.05, 3.63) is 0 Å². The van der Waals surface area contributed by atoms with E-state index in [1.54, 1.807) is 0 Å². The smallest absolute Gasteiger partial charge is 0.309 e. The number of epoxide rings is 1. The van der Waals surface area contributed by atoms with Gasteiger partial charge in [-0.15, -0.1) is 0 Å². The van der Waals surface area contributed by atoms with Crippen LogP contribution in [0.2, 0.25) is 0 Å². The Balaban J connectivity index is 1.69. The lowest BCUT2D eigenvalue weighted by atomic mass is 9.50. The first-order chi connectivity index (χ1) is 11.1.